The molecule has 2 aromatic carbocycles. The van der Waals surface area contributed by atoms with Gasteiger partial charge in [0.2, 0.25) is 0 Å². The van der Waals surface area contributed by atoms with Gasteiger partial charge in [-0.05, 0) is 44.2 Å². The summed E-state index contributed by atoms with van der Waals surface area (Å²) in [7, 11) is 0. The fourth-order valence-electron chi connectivity index (χ4n) is 2.29. The van der Waals surface area contributed by atoms with Crippen molar-refractivity contribution in [3.05, 3.63) is 65.0 Å². The fourth-order valence-corrected chi connectivity index (χ4v) is 2.29. The molecule has 0 radical (unpaired) electrons. The Morgan fingerprint density at radius 3 is 2.24 bits per heavy atom. The number of nitrogens with zero attached hydrogens (tertiary/aromatic N) is 2. The van der Waals surface area contributed by atoms with Crippen molar-refractivity contribution >= 4 is 22.8 Å². The molecule has 0 saturated carbocycles. The van der Waals surface area contributed by atoms with E-state index in [9.17, 15) is 14.7 Å². The number of aromatic nitrogens is 2. The van der Waals surface area contributed by atoms with Crippen molar-refractivity contribution in [3.8, 4) is 5.75 Å². The molecule has 7 heteroatoms. The molecule has 25 heavy (non-hydrogen) atoms. The van der Waals surface area contributed by atoms with E-state index in [1.807, 2.05) is 13.8 Å². The van der Waals surface area contributed by atoms with Crippen LogP contribution in [0.4, 0.5) is 0 Å². The lowest BCUT2D eigenvalue weighted by Gasteiger charge is -2.09. The van der Waals surface area contributed by atoms with E-state index in [0.717, 1.165) is 11.4 Å². The van der Waals surface area contributed by atoms with Crippen LogP contribution >= 0.6 is 0 Å². The molecule has 0 fully saturated rings. The average molecular weight is 336 g/mol. The first kappa shape index (κ1) is 16.4. The zero-order chi connectivity index (χ0) is 18.0. The van der Waals surface area contributed by atoms with E-state index >= 15 is 0 Å². The summed E-state index contributed by atoms with van der Waals surface area (Å²) in [6.45, 7) is 3.72. The molecular weight excluding hydrogens is 320 g/mol. The van der Waals surface area contributed by atoms with Crippen molar-refractivity contribution in [2.75, 3.05) is 0 Å². The highest BCUT2D eigenvalue weighted by Gasteiger charge is 2.13. The minimum absolute atomic E-state index is 0.0679. The van der Waals surface area contributed by atoms with Crippen LogP contribution in [0.25, 0.3) is 11.0 Å². The van der Waals surface area contributed by atoms with Gasteiger partial charge in [0.1, 0.15) is 5.75 Å². The van der Waals surface area contributed by atoms with E-state index in [1.54, 1.807) is 30.3 Å². The maximum atomic E-state index is 12.2. The first-order chi connectivity index (χ1) is 12.0. The number of fused-ring (bicyclic) bond motifs is 1. The van der Waals surface area contributed by atoms with Crippen LogP contribution in [-0.2, 0) is 0 Å². The van der Waals surface area contributed by atoms with Crippen LogP contribution in [0.5, 0.6) is 5.75 Å². The van der Waals surface area contributed by atoms with Gasteiger partial charge in [-0.2, -0.15) is 0 Å². The number of hydrazine groups is 1. The second-order valence-electron chi connectivity index (χ2n) is 5.52. The monoisotopic (exact) mass is 336 g/mol. The number of carbonyl (C=O) groups excluding carboxylic acids is 2. The van der Waals surface area contributed by atoms with Gasteiger partial charge in [-0.1, -0.05) is 12.1 Å². The standard InChI is InChI=1S/C18H16N4O3/c1-10-11(2)20-15-9-12(7-8-14(15)19-10)17(24)21-22-18(25)13-5-3-4-6-16(13)23/h3-9,23H,1-2H3,(H,21,24)(H,22,25). The van der Waals surface area contributed by atoms with Gasteiger partial charge in [0.05, 0.1) is 28.0 Å². The molecule has 3 rings (SSSR count). The Morgan fingerprint density at radius 1 is 0.880 bits per heavy atom. The summed E-state index contributed by atoms with van der Waals surface area (Å²) in [6, 6.07) is 11.0. The normalized spacial score (nSPS) is 10.5. The largest absolute Gasteiger partial charge is 0.507 e. The van der Waals surface area contributed by atoms with E-state index in [2.05, 4.69) is 20.8 Å². The first-order valence-corrected chi connectivity index (χ1v) is 7.59. The number of phenols is 1. The molecule has 0 aliphatic carbocycles. The number of phenolic OH excluding ortho intramolecular Hbond substituents is 1. The summed E-state index contributed by atoms with van der Waals surface area (Å²) >= 11 is 0. The van der Waals surface area contributed by atoms with E-state index in [4.69, 9.17) is 0 Å². The molecule has 1 heterocycles. The summed E-state index contributed by atoms with van der Waals surface area (Å²) in [5, 5.41) is 9.64. The molecule has 3 N–H and O–H groups in total. The summed E-state index contributed by atoms with van der Waals surface area (Å²) < 4.78 is 0. The van der Waals surface area contributed by atoms with Crippen LogP contribution < -0.4 is 10.9 Å². The van der Waals surface area contributed by atoms with E-state index in [0.29, 0.717) is 16.6 Å². The summed E-state index contributed by atoms with van der Waals surface area (Å²) in [6.07, 6.45) is 0. The molecule has 0 bridgehead atoms. The number of hydrogen-bond donors (Lipinski definition) is 3. The number of nitrogens with one attached hydrogen (secondary N) is 2. The number of amides is 2. The summed E-state index contributed by atoms with van der Waals surface area (Å²) in [5.74, 6) is -1.27. The molecule has 126 valence electrons. The lowest BCUT2D eigenvalue weighted by molar-refractivity contribution is 0.0845. The number of carbonyl (C=O) groups is 2. The molecule has 0 unspecified atom stereocenters. The lowest BCUT2D eigenvalue weighted by Crippen LogP contribution is -2.41. The van der Waals surface area contributed by atoms with Crippen molar-refractivity contribution < 1.29 is 14.7 Å². The smallest absolute Gasteiger partial charge is 0.273 e. The molecule has 1 aromatic heterocycles. The van der Waals surface area contributed by atoms with Crippen LogP contribution in [0.1, 0.15) is 32.1 Å². The molecule has 0 aliphatic heterocycles. The number of para-hydroxylation sites is 1. The number of aryl methyl sites for hydroxylation is 2. The minimum Gasteiger partial charge on any atom is -0.507 e. The summed E-state index contributed by atoms with van der Waals surface area (Å²) in [5.41, 5.74) is 7.91. The van der Waals surface area contributed by atoms with Crippen molar-refractivity contribution in [1.29, 1.82) is 0 Å². The average Bonchev–Trinajstić information content (AvgIpc) is 2.60. The van der Waals surface area contributed by atoms with Gasteiger partial charge < -0.3 is 5.11 Å². The van der Waals surface area contributed by atoms with Crippen LogP contribution in [0.15, 0.2) is 42.5 Å². The number of hydrogen-bond acceptors (Lipinski definition) is 5. The lowest BCUT2D eigenvalue weighted by atomic mass is 10.1. The predicted octanol–water partition coefficient (Wildman–Crippen LogP) is 2.03. The SMILES string of the molecule is Cc1nc2ccc(C(=O)NNC(=O)c3ccccc3O)cc2nc1C. The summed E-state index contributed by atoms with van der Waals surface area (Å²) in [4.78, 5) is 33.0. The fraction of sp³-hybridized carbons (Fsp3) is 0.111. The molecule has 7 nitrogen and oxygen atoms in total. The van der Waals surface area contributed by atoms with Crippen LogP contribution in [0.2, 0.25) is 0 Å². The van der Waals surface area contributed by atoms with Crippen molar-refractivity contribution in [2.45, 2.75) is 13.8 Å². The third-order valence-electron chi connectivity index (χ3n) is 3.78. The van der Waals surface area contributed by atoms with Gasteiger partial charge in [-0.3, -0.25) is 20.4 Å². The molecule has 3 aromatic rings. The van der Waals surface area contributed by atoms with Gasteiger partial charge in [0, 0.05) is 5.56 Å². The zero-order valence-corrected chi connectivity index (χ0v) is 13.7. The van der Waals surface area contributed by atoms with Gasteiger partial charge >= 0.3 is 0 Å². The third kappa shape index (κ3) is 3.40. The molecule has 0 atom stereocenters. The quantitative estimate of drug-likeness (QED) is 0.621. The molecule has 0 aliphatic rings. The number of benzene rings is 2. The third-order valence-corrected chi connectivity index (χ3v) is 3.78. The Balaban J connectivity index is 1.75. The maximum absolute atomic E-state index is 12.2. The second kappa shape index (κ2) is 6.56. The highest BCUT2D eigenvalue weighted by atomic mass is 16.3. The Morgan fingerprint density at radius 2 is 1.52 bits per heavy atom. The Labute approximate surface area is 143 Å². The highest BCUT2D eigenvalue weighted by Crippen LogP contribution is 2.16. The van der Waals surface area contributed by atoms with Crippen molar-refractivity contribution in [1.82, 2.24) is 20.8 Å². The number of rotatable bonds is 2. The number of aromatic hydroxyl groups is 1. The van der Waals surface area contributed by atoms with Crippen LogP contribution in [0.3, 0.4) is 0 Å². The minimum atomic E-state index is -0.612. The Hall–Kier alpha value is -3.48. The Bertz CT molecular complexity index is 985. The first-order valence-electron chi connectivity index (χ1n) is 7.59. The highest BCUT2D eigenvalue weighted by molar-refractivity contribution is 6.01. The topological polar surface area (TPSA) is 104 Å². The van der Waals surface area contributed by atoms with Gasteiger partial charge in [0.15, 0.2) is 0 Å². The van der Waals surface area contributed by atoms with E-state index in [-0.39, 0.29) is 11.3 Å². The van der Waals surface area contributed by atoms with E-state index < -0.39 is 11.8 Å². The van der Waals surface area contributed by atoms with Gasteiger partial charge in [-0.25, -0.2) is 9.97 Å². The molecule has 0 saturated heterocycles. The Kier molecular flexibility index (Phi) is 4.30. The zero-order valence-electron chi connectivity index (χ0n) is 13.7. The van der Waals surface area contributed by atoms with Crippen LogP contribution in [-0.4, -0.2) is 26.9 Å². The van der Waals surface area contributed by atoms with Gasteiger partial charge in [0.25, 0.3) is 11.8 Å². The van der Waals surface area contributed by atoms with E-state index in [1.165, 1.54) is 12.1 Å². The molecular formula is C18H16N4O3. The second-order valence-corrected chi connectivity index (χ2v) is 5.52. The van der Waals surface area contributed by atoms with Crippen molar-refractivity contribution in [3.63, 3.8) is 0 Å². The van der Waals surface area contributed by atoms with Gasteiger partial charge in [-0.15, -0.1) is 0 Å². The van der Waals surface area contributed by atoms with Crippen molar-refractivity contribution in [2.24, 2.45) is 0 Å². The molecule has 2 amide bonds. The van der Waals surface area contributed by atoms with Crippen LogP contribution in [0, 0.1) is 13.8 Å². The predicted molar refractivity (Wildman–Crippen MR) is 92.1 cm³/mol. The maximum Gasteiger partial charge on any atom is 0.273 e. The molecule has 0 spiro atoms.